The molecular formula is C13H14ClFN2O. The maximum absolute atomic E-state index is 13.8. The second kappa shape index (κ2) is 5.08. The van der Waals surface area contributed by atoms with Crippen molar-refractivity contribution in [1.29, 1.82) is 0 Å². The minimum atomic E-state index is -1.02. The summed E-state index contributed by atoms with van der Waals surface area (Å²) >= 11 is 5.69. The minimum absolute atomic E-state index is 0.210. The molecular weight excluding hydrogens is 255 g/mol. The van der Waals surface area contributed by atoms with Gasteiger partial charge in [-0.1, -0.05) is 24.6 Å². The van der Waals surface area contributed by atoms with Gasteiger partial charge in [0.05, 0.1) is 5.69 Å². The fraction of sp³-hybridized carbons (Fsp3) is 0.308. The van der Waals surface area contributed by atoms with E-state index in [0.29, 0.717) is 17.0 Å². The van der Waals surface area contributed by atoms with Gasteiger partial charge in [0, 0.05) is 29.4 Å². The Morgan fingerprint density at radius 2 is 2.17 bits per heavy atom. The monoisotopic (exact) mass is 268 g/mol. The fourth-order valence-corrected chi connectivity index (χ4v) is 2.11. The lowest BCUT2D eigenvalue weighted by Gasteiger charge is -2.11. The Kier molecular flexibility index (Phi) is 3.68. The molecule has 1 aromatic carbocycles. The molecule has 2 aromatic rings. The Morgan fingerprint density at radius 3 is 2.78 bits per heavy atom. The Balaban J connectivity index is 2.43. The van der Waals surface area contributed by atoms with Crippen LogP contribution in [0.1, 0.15) is 29.8 Å². The molecule has 0 saturated heterocycles. The molecule has 18 heavy (non-hydrogen) atoms. The number of aliphatic hydroxyl groups excluding tert-OH is 1. The molecule has 1 unspecified atom stereocenters. The SMILES string of the molecule is CCc1nn(C)cc1C(O)c1ccc(Cl)cc1F. The Hall–Kier alpha value is -1.39. The van der Waals surface area contributed by atoms with Crippen LogP contribution >= 0.6 is 11.6 Å². The average molecular weight is 269 g/mol. The van der Waals surface area contributed by atoms with Crippen molar-refractivity contribution in [3.8, 4) is 0 Å². The standard InChI is InChI=1S/C13H14ClFN2O/c1-3-12-10(7-17(2)16-12)13(18)9-5-4-8(14)6-11(9)15/h4-7,13,18H,3H2,1-2H3. The van der Waals surface area contributed by atoms with E-state index in [9.17, 15) is 9.50 Å². The summed E-state index contributed by atoms with van der Waals surface area (Å²) < 4.78 is 15.4. The molecule has 2 rings (SSSR count). The minimum Gasteiger partial charge on any atom is -0.383 e. The molecule has 0 aliphatic rings. The van der Waals surface area contributed by atoms with Crippen LogP contribution in [0.25, 0.3) is 0 Å². The summed E-state index contributed by atoms with van der Waals surface area (Å²) in [6.45, 7) is 1.94. The summed E-state index contributed by atoms with van der Waals surface area (Å²) in [6, 6.07) is 4.25. The second-order valence-electron chi connectivity index (χ2n) is 4.13. The number of halogens is 2. The molecule has 3 nitrogen and oxygen atoms in total. The van der Waals surface area contributed by atoms with Gasteiger partial charge >= 0.3 is 0 Å². The third-order valence-electron chi connectivity index (χ3n) is 2.82. The van der Waals surface area contributed by atoms with Crippen LogP contribution in [-0.4, -0.2) is 14.9 Å². The summed E-state index contributed by atoms with van der Waals surface area (Å²) in [7, 11) is 1.77. The van der Waals surface area contributed by atoms with Gasteiger partial charge in [0.15, 0.2) is 0 Å². The highest BCUT2D eigenvalue weighted by atomic mass is 35.5. The number of nitrogens with zero attached hydrogens (tertiary/aromatic N) is 2. The van der Waals surface area contributed by atoms with Gasteiger partial charge in [-0.3, -0.25) is 4.68 Å². The van der Waals surface area contributed by atoms with Crippen LogP contribution < -0.4 is 0 Å². The number of aryl methyl sites for hydroxylation is 2. The number of hydrogen-bond acceptors (Lipinski definition) is 2. The van der Waals surface area contributed by atoms with Crippen LogP contribution in [0.2, 0.25) is 5.02 Å². The van der Waals surface area contributed by atoms with E-state index < -0.39 is 11.9 Å². The molecule has 1 heterocycles. The zero-order chi connectivity index (χ0) is 13.3. The Morgan fingerprint density at radius 1 is 1.44 bits per heavy atom. The first-order valence-electron chi connectivity index (χ1n) is 5.68. The van der Waals surface area contributed by atoms with E-state index in [1.807, 2.05) is 6.92 Å². The van der Waals surface area contributed by atoms with Crippen LogP contribution in [0.3, 0.4) is 0 Å². The molecule has 0 aliphatic heterocycles. The van der Waals surface area contributed by atoms with Crippen molar-refractivity contribution in [3.63, 3.8) is 0 Å². The first-order valence-corrected chi connectivity index (χ1v) is 6.06. The molecule has 0 aliphatic carbocycles. The second-order valence-corrected chi connectivity index (χ2v) is 4.56. The van der Waals surface area contributed by atoms with Crippen molar-refractivity contribution < 1.29 is 9.50 Å². The number of rotatable bonds is 3. The third kappa shape index (κ3) is 2.40. The molecule has 0 spiro atoms. The van der Waals surface area contributed by atoms with Crippen molar-refractivity contribution in [2.75, 3.05) is 0 Å². The van der Waals surface area contributed by atoms with Crippen molar-refractivity contribution in [1.82, 2.24) is 9.78 Å². The Bertz CT molecular complexity index is 568. The van der Waals surface area contributed by atoms with E-state index in [-0.39, 0.29) is 5.56 Å². The van der Waals surface area contributed by atoms with Crippen LogP contribution in [0.15, 0.2) is 24.4 Å². The van der Waals surface area contributed by atoms with Crippen LogP contribution in [0.5, 0.6) is 0 Å². The highest BCUT2D eigenvalue weighted by Gasteiger charge is 2.20. The molecule has 0 saturated carbocycles. The van der Waals surface area contributed by atoms with Gasteiger partial charge in [-0.25, -0.2) is 4.39 Å². The molecule has 0 amide bonds. The highest BCUT2D eigenvalue weighted by Crippen LogP contribution is 2.28. The summed E-state index contributed by atoms with van der Waals surface area (Å²) in [6.07, 6.45) is 1.37. The first-order chi connectivity index (χ1) is 8.52. The molecule has 1 aromatic heterocycles. The molecule has 1 atom stereocenters. The van der Waals surface area contributed by atoms with Crippen LogP contribution in [-0.2, 0) is 13.5 Å². The largest absolute Gasteiger partial charge is 0.383 e. The Labute approximate surface area is 110 Å². The van der Waals surface area contributed by atoms with Crippen LogP contribution in [0.4, 0.5) is 4.39 Å². The topological polar surface area (TPSA) is 38.0 Å². The maximum Gasteiger partial charge on any atom is 0.130 e. The summed E-state index contributed by atoms with van der Waals surface area (Å²) in [4.78, 5) is 0. The smallest absolute Gasteiger partial charge is 0.130 e. The number of aromatic nitrogens is 2. The van der Waals surface area contributed by atoms with E-state index in [2.05, 4.69) is 5.10 Å². The van der Waals surface area contributed by atoms with E-state index in [4.69, 9.17) is 11.6 Å². The lowest BCUT2D eigenvalue weighted by molar-refractivity contribution is 0.214. The van der Waals surface area contributed by atoms with Crippen LogP contribution in [0, 0.1) is 5.82 Å². The lowest BCUT2D eigenvalue weighted by Crippen LogP contribution is -2.04. The van der Waals surface area contributed by atoms with E-state index in [1.54, 1.807) is 24.0 Å². The van der Waals surface area contributed by atoms with Crippen molar-refractivity contribution in [3.05, 3.63) is 52.1 Å². The fourth-order valence-electron chi connectivity index (χ4n) is 1.95. The van der Waals surface area contributed by atoms with Gasteiger partial charge in [0.2, 0.25) is 0 Å². The summed E-state index contributed by atoms with van der Waals surface area (Å²) in [5.41, 5.74) is 1.60. The zero-order valence-electron chi connectivity index (χ0n) is 10.2. The molecule has 0 bridgehead atoms. The van der Waals surface area contributed by atoms with Gasteiger partial charge in [0.1, 0.15) is 11.9 Å². The van der Waals surface area contributed by atoms with Gasteiger partial charge in [-0.15, -0.1) is 0 Å². The quantitative estimate of drug-likeness (QED) is 0.930. The van der Waals surface area contributed by atoms with E-state index in [0.717, 1.165) is 5.69 Å². The third-order valence-corrected chi connectivity index (χ3v) is 3.06. The number of benzene rings is 1. The molecule has 5 heteroatoms. The summed E-state index contributed by atoms with van der Waals surface area (Å²) in [5.74, 6) is -0.513. The maximum atomic E-state index is 13.8. The average Bonchev–Trinajstić information content (AvgIpc) is 2.69. The van der Waals surface area contributed by atoms with Crippen molar-refractivity contribution in [2.24, 2.45) is 7.05 Å². The molecule has 1 N–H and O–H groups in total. The number of aliphatic hydroxyl groups is 1. The predicted octanol–water partition coefficient (Wildman–Crippen LogP) is 2.86. The van der Waals surface area contributed by atoms with Gasteiger partial charge in [-0.2, -0.15) is 5.10 Å². The normalized spacial score (nSPS) is 12.7. The van der Waals surface area contributed by atoms with E-state index >= 15 is 0 Å². The molecule has 96 valence electrons. The first kappa shape index (κ1) is 13.1. The van der Waals surface area contributed by atoms with Gasteiger partial charge < -0.3 is 5.11 Å². The van der Waals surface area contributed by atoms with Crippen molar-refractivity contribution in [2.45, 2.75) is 19.4 Å². The van der Waals surface area contributed by atoms with Gasteiger partial charge in [-0.05, 0) is 18.6 Å². The van der Waals surface area contributed by atoms with Gasteiger partial charge in [0.25, 0.3) is 0 Å². The van der Waals surface area contributed by atoms with E-state index in [1.165, 1.54) is 12.1 Å². The number of hydrogen-bond donors (Lipinski definition) is 1. The van der Waals surface area contributed by atoms with Crippen molar-refractivity contribution >= 4 is 11.6 Å². The molecule has 0 fully saturated rings. The predicted molar refractivity (Wildman–Crippen MR) is 68.1 cm³/mol. The summed E-state index contributed by atoms with van der Waals surface area (Å²) in [5, 5.41) is 14.8. The zero-order valence-corrected chi connectivity index (χ0v) is 10.9. The lowest BCUT2D eigenvalue weighted by atomic mass is 10.0. The highest BCUT2D eigenvalue weighted by molar-refractivity contribution is 6.30. The molecule has 0 radical (unpaired) electrons.